The second-order valence-electron chi connectivity index (χ2n) is 6.16. The normalized spacial score (nSPS) is 15.8. The molecule has 0 aliphatic heterocycles. The summed E-state index contributed by atoms with van der Waals surface area (Å²) in [6, 6.07) is 10.4. The molecule has 1 aliphatic carbocycles. The molecule has 1 N–H and O–H groups in total. The van der Waals surface area contributed by atoms with Crippen molar-refractivity contribution in [1.82, 2.24) is 14.9 Å². The Morgan fingerprint density at radius 1 is 1.46 bits per heavy atom. The average molecular weight is 340 g/mol. The zero-order valence-electron chi connectivity index (χ0n) is 13.7. The maximum Gasteiger partial charge on any atom is 0.231 e. The van der Waals surface area contributed by atoms with Gasteiger partial charge in [-0.25, -0.2) is 4.98 Å². The Hall–Kier alpha value is -2.26. The molecule has 1 aromatic heterocycles. The van der Waals surface area contributed by atoms with E-state index in [1.54, 1.807) is 6.20 Å². The van der Waals surface area contributed by atoms with Crippen LogP contribution in [0.2, 0.25) is 0 Å². The number of thioether (sulfide) groups is 1. The largest absolute Gasteiger partial charge is 0.337 e. The van der Waals surface area contributed by atoms with Crippen LogP contribution in [0, 0.1) is 18.3 Å². The highest BCUT2D eigenvalue weighted by Crippen LogP contribution is 2.29. The van der Waals surface area contributed by atoms with Crippen molar-refractivity contribution in [3.05, 3.63) is 42.2 Å². The molecule has 124 valence electrons. The lowest BCUT2D eigenvalue weighted by Gasteiger charge is -2.21. The van der Waals surface area contributed by atoms with Gasteiger partial charge in [-0.2, -0.15) is 5.26 Å². The third kappa shape index (κ3) is 3.62. The quantitative estimate of drug-likeness (QED) is 0.848. The fourth-order valence-electron chi connectivity index (χ4n) is 3.05. The molecule has 1 heterocycles. The van der Waals surface area contributed by atoms with Crippen molar-refractivity contribution in [2.75, 3.05) is 5.75 Å². The van der Waals surface area contributed by atoms with Crippen LogP contribution in [0.1, 0.15) is 31.2 Å². The summed E-state index contributed by atoms with van der Waals surface area (Å²) in [5.41, 5.74) is 1.54. The molecule has 3 rings (SSSR count). The van der Waals surface area contributed by atoms with E-state index in [-0.39, 0.29) is 11.7 Å². The van der Waals surface area contributed by atoms with Gasteiger partial charge in [-0.3, -0.25) is 9.36 Å². The van der Waals surface area contributed by atoms with Gasteiger partial charge in [0.2, 0.25) is 5.91 Å². The zero-order valence-corrected chi connectivity index (χ0v) is 14.5. The van der Waals surface area contributed by atoms with Gasteiger partial charge in [0.05, 0.1) is 11.8 Å². The molecule has 24 heavy (non-hydrogen) atoms. The van der Waals surface area contributed by atoms with Gasteiger partial charge >= 0.3 is 0 Å². The first-order valence-corrected chi connectivity index (χ1v) is 9.06. The first-order valence-electron chi connectivity index (χ1n) is 8.07. The van der Waals surface area contributed by atoms with Crippen molar-refractivity contribution in [2.45, 2.75) is 43.3 Å². The van der Waals surface area contributed by atoms with Crippen LogP contribution in [0.15, 0.2) is 41.8 Å². The number of aromatic nitrogens is 2. The van der Waals surface area contributed by atoms with Crippen molar-refractivity contribution < 1.29 is 4.79 Å². The minimum atomic E-state index is -0.663. The van der Waals surface area contributed by atoms with E-state index in [0.717, 1.165) is 36.5 Å². The second-order valence-corrected chi connectivity index (χ2v) is 7.10. The smallest absolute Gasteiger partial charge is 0.231 e. The molecule has 1 aliphatic rings. The molecule has 1 amide bonds. The fraction of sp³-hybridized carbons (Fsp3) is 0.389. The Morgan fingerprint density at radius 2 is 2.25 bits per heavy atom. The summed E-state index contributed by atoms with van der Waals surface area (Å²) in [7, 11) is 0. The van der Waals surface area contributed by atoms with Crippen LogP contribution in [0.25, 0.3) is 5.69 Å². The predicted octanol–water partition coefficient (Wildman–Crippen LogP) is 3.23. The van der Waals surface area contributed by atoms with Gasteiger partial charge in [0.1, 0.15) is 5.54 Å². The first kappa shape index (κ1) is 16.6. The maximum absolute atomic E-state index is 12.2. The van der Waals surface area contributed by atoms with Crippen molar-refractivity contribution in [3.63, 3.8) is 0 Å². The number of aryl methyl sites for hydroxylation is 1. The van der Waals surface area contributed by atoms with Gasteiger partial charge in [-0.05, 0) is 50.3 Å². The van der Waals surface area contributed by atoms with Crippen molar-refractivity contribution in [1.29, 1.82) is 5.26 Å². The molecule has 5 nitrogen and oxygen atoms in total. The van der Waals surface area contributed by atoms with Crippen LogP contribution in [0.5, 0.6) is 0 Å². The predicted molar refractivity (Wildman–Crippen MR) is 94.0 cm³/mol. The van der Waals surface area contributed by atoms with Crippen molar-refractivity contribution in [3.8, 4) is 11.8 Å². The van der Waals surface area contributed by atoms with Crippen molar-refractivity contribution >= 4 is 17.7 Å². The summed E-state index contributed by atoms with van der Waals surface area (Å²) in [6.07, 6.45) is 7.12. The highest BCUT2D eigenvalue weighted by molar-refractivity contribution is 7.99. The zero-order chi connectivity index (χ0) is 17.0. The molecule has 1 saturated carbocycles. The molecule has 0 unspecified atom stereocenters. The van der Waals surface area contributed by atoms with E-state index >= 15 is 0 Å². The summed E-state index contributed by atoms with van der Waals surface area (Å²) in [5.74, 6) is 0.147. The SMILES string of the molecule is Cc1cccc(-n2ccnc2SCC(=O)NC2(C#N)CCCC2)c1. The molecule has 0 atom stereocenters. The van der Waals surface area contributed by atoms with Gasteiger partial charge in [0.25, 0.3) is 0 Å². The van der Waals surface area contributed by atoms with Crippen LogP contribution < -0.4 is 5.32 Å². The number of nitriles is 1. The summed E-state index contributed by atoms with van der Waals surface area (Å²) in [5, 5.41) is 13.0. The monoisotopic (exact) mass is 340 g/mol. The number of nitrogens with zero attached hydrogens (tertiary/aromatic N) is 3. The molecule has 6 heteroatoms. The lowest BCUT2D eigenvalue weighted by Crippen LogP contribution is -2.45. The van der Waals surface area contributed by atoms with Crippen molar-refractivity contribution in [2.24, 2.45) is 0 Å². The number of hydrogen-bond donors (Lipinski definition) is 1. The molecule has 1 fully saturated rings. The third-order valence-corrected chi connectivity index (χ3v) is 5.24. The highest BCUT2D eigenvalue weighted by atomic mass is 32.2. The molecular formula is C18H20N4OS. The number of hydrogen-bond acceptors (Lipinski definition) is 4. The van der Waals surface area contributed by atoms with E-state index in [9.17, 15) is 10.1 Å². The van der Waals surface area contributed by atoms with Crippen LogP contribution in [-0.2, 0) is 4.79 Å². The summed E-state index contributed by atoms with van der Waals surface area (Å²) in [4.78, 5) is 16.6. The van der Waals surface area contributed by atoms with Gasteiger partial charge in [0, 0.05) is 18.1 Å². The summed E-state index contributed by atoms with van der Waals surface area (Å²) in [6.45, 7) is 2.05. The highest BCUT2D eigenvalue weighted by Gasteiger charge is 2.35. The van der Waals surface area contributed by atoms with Gasteiger partial charge in [-0.15, -0.1) is 0 Å². The van der Waals surface area contributed by atoms with Crippen LogP contribution in [0.4, 0.5) is 0 Å². The molecule has 0 saturated heterocycles. The number of rotatable bonds is 5. The third-order valence-electron chi connectivity index (χ3n) is 4.27. The number of nitrogens with one attached hydrogen (secondary N) is 1. The molecular weight excluding hydrogens is 320 g/mol. The van der Waals surface area contributed by atoms with Crippen LogP contribution >= 0.6 is 11.8 Å². The second kappa shape index (κ2) is 7.10. The van der Waals surface area contributed by atoms with E-state index in [4.69, 9.17) is 0 Å². The summed E-state index contributed by atoms with van der Waals surface area (Å²) < 4.78 is 1.97. The van der Waals surface area contributed by atoms with E-state index in [1.807, 2.05) is 35.9 Å². The standard InChI is InChI=1S/C18H20N4OS/c1-14-5-4-6-15(11-14)22-10-9-20-17(22)24-12-16(23)21-18(13-19)7-2-3-8-18/h4-6,9-11H,2-3,7-8,12H2,1H3,(H,21,23). The molecule has 2 aromatic rings. The Bertz CT molecular complexity index is 771. The topological polar surface area (TPSA) is 70.7 Å². The van der Waals surface area contributed by atoms with E-state index in [1.165, 1.54) is 17.3 Å². The van der Waals surface area contributed by atoms with Gasteiger partial charge in [-0.1, -0.05) is 23.9 Å². The number of benzene rings is 1. The lowest BCUT2D eigenvalue weighted by molar-refractivity contribution is -0.119. The van der Waals surface area contributed by atoms with E-state index < -0.39 is 5.54 Å². The van der Waals surface area contributed by atoms with Crippen LogP contribution in [0.3, 0.4) is 0 Å². The Kier molecular flexibility index (Phi) is 4.91. The number of imidazole rings is 1. The maximum atomic E-state index is 12.2. The minimum Gasteiger partial charge on any atom is -0.337 e. The summed E-state index contributed by atoms with van der Waals surface area (Å²) >= 11 is 1.39. The molecule has 0 spiro atoms. The molecule has 0 bridgehead atoms. The number of carbonyl (C=O) groups excluding carboxylic acids is 1. The minimum absolute atomic E-state index is 0.109. The van der Waals surface area contributed by atoms with Crippen LogP contribution in [-0.4, -0.2) is 26.8 Å². The number of carbonyl (C=O) groups is 1. The fourth-order valence-corrected chi connectivity index (χ4v) is 3.82. The Balaban J connectivity index is 1.65. The molecule has 1 aromatic carbocycles. The van der Waals surface area contributed by atoms with Gasteiger partial charge in [0.15, 0.2) is 5.16 Å². The first-order chi connectivity index (χ1) is 11.6. The van der Waals surface area contributed by atoms with E-state index in [2.05, 4.69) is 22.4 Å². The average Bonchev–Trinajstić information content (AvgIpc) is 3.22. The molecule has 0 radical (unpaired) electrons. The Morgan fingerprint density at radius 3 is 2.96 bits per heavy atom. The van der Waals surface area contributed by atoms with Gasteiger partial charge < -0.3 is 5.32 Å². The lowest BCUT2D eigenvalue weighted by atomic mass is 10.0. The number of amides is 1. The Labute approximate surface area is 146 Å². The van der Waals surface area contributed by atoms with E-state index in [0.29, 0.717) is 0 Å².